The summed E-state index contributed by atoms with van der Waals surface area (Å²) >= 11 is 0. The number of nitrogens with zero attached hydrogens (tertiary/aromatic N) is 2. The van der Waals surface area contributed by atoms with E-state index in [1.807, 2.05) is 11.9 Å². The Kier molecular flexibility index (Phi) is 3.97. The molecular formula is C15H23N3O3. The first-order valence-corrected chi connectivity index (χ1v) is 7.89. The van der Waals surface area contributed by atoms with E-state index in [1.54, 1.807) is 0 Å². The average molecular weight is 293 g/mol. The highest BCUT2D eigenvalue weighted by molar-refractivity contribution is 6.02. The van der Waals surface area contributed by atoms with Crippen LogP contribution in [0.1, 0.15) is 44.9 Å². The first-order valence-electron chi connectivity index (χ1n) is 7.89. The molecular weight excluding hydrogens is 270 g/mol. The quantitative estimate of drug-likeness (QED) is 0.755. The summed E-state index contributed by atoms with van der Waals surface area (Å²) in [6.07, 6.45) is 5.27. The Morgan fingerprint density at radius 2 is 1.76 bits per heavy atom. The van der Waals surface area contributed by atoms with Crippen molar-refractivity contribution < 1.29 is 14.4 Å². The Balaban J connectivity index is 1.51. The molecule has 0 saturated carbocycles. The average Bonchev–Trinajstić information content (AvgIpc) is 2.98. The molecule has 3 rings (SSSR count). The summed E-state index contributed by atoms with van der Waals surface area (Å²) in [5.74, 6) is -0.250. The third kappa shape index (κ3) is 2.95. The molecule has 3 amide bonds. The van der Waals surface area contributed by atoms with Crippen molar-refractivity contribution in [3.05, 3.63) is 0 Å². The van der Waals surface area contributed by atoms with Crippen LogP contribution >= 0.6 is 0 Å². The normalized spacial score (nSPS) is 31.9. The van der Waals surface area contributed by atoms with Gasteiger partial charge in [0.1, 0.15) is 0 Å². The highest BCUT2D eigenvalue weighted by atomic mass is 16.2. The Morgan fingerprint density at radius 3 is 2.33 bits per heavy atom. The summed E-state index contributed by atoms with van der Waals surface area (Å²) < 4.78 is 0. The van der Waals surface area contributed by atoms with Crippen LogP contribution in [0.4, 0.5) is 0 Å². The van der Waals surface area contributed by atoms with Gasteiger partial charge in [0.25, 0.3) is 0 Å². The second kappa shape index (κ2) is 5.75. The topological polar surface area (TPSA) is 69.7 Å². The molecule has 6 heteroatoms. The molecule has 116 valence electrons. The van der Waals surface area contributed by atoms with Gasteiger partial charge in [-0.1, -0.05) is 0 Å². The molecule has 3 heterocycles. The number of carbonyl (C=O) groups is 3. The number of rotatable bonds is 4. The lowest BCUT2D eigenvalue weighted by molar-refractivity contribution is -0.139. The van der Waals surface area contributed by atoms with Gasteiger partial charge in [-0.15, -0.1) is 0 Å². The molecule has 0 radical (unpaired) electrons. The Bertz CT molecular complexity index is 437. The van der Waals surface area contributed by atoms with Gasteiger partial charge >= 0.3 is 0 Å². The first kappa shape index (κ1) is 14.5. The van der Waals surface area contributed by atoms with Gasteiger partial charge in [0.2, 0.25) is 17.7 Å². The molecule has 0 aliphatic carbocycles. The van der Waals surface area contributed by atoms with Crippen molar-refractivity contribution in [2.45, 2.75) is 63.1 Å². The van der Waals surface area contributed by atoms with Crippen LogP contribution in [0.25, 0.3) is 0 Å². The number of carbonyl (C=O) groups excluding carboxylic acids is 3. The van der Waals surface area contributed by atoms with Crippen LogP contribution in [0.15, 0.2) is 0 Å². The van der Waals surface area contributed by atoms with E-state index in [4.69, 9.17) is 0 Å². The van der Waals surface area contributed by atoms with Gasteiger partial charge in [-0.3, -0.25) is 19.3 Å². The van der Waals surface area contributed by atoms with Crippen LogP contribution in [0.2, 0.25) is 0 Å². The lowest BCUT2D eigenvalue weighted by Crippen LogP contribution is -2.49. The minimum atomic E-state index is -0.143. The number of piperidine rings is 1. The third-order valence-corrected chi connectivity index (χ3v) is 5.09. The van der Waals surface area contributed by atoms with Crippen LogP contribution in [-0.2, 0) is 14.4 Å². The third-order valence-electron chi connectivity index (χ3n) is 5.09. The van der Waals surface area contributed by atoms with Crippen LogP contribution in [0.3, 0.4) is 0 Å². The summed E-state index contributed by atoms with van der Waals surface area (Å²) in [7, 11) is 1.85. The van der Waals surface area contributed by atoms with Gasteiger partial charge in [-0.05, 0) is 25.7 Å². The predicted molar refractivity (Wildman–Crippen MR) is 76.3 cm³/mol. The fourth-order valence-corrected chi connectivity index (χ4v) is 3.80. The highest BCUT2D eigenvalue weighted by Gasteiger charge is 2.36. The second-order valence-corrected chi connectivity index (χ2v) is 6.46. The molecule has 0 spiro atoms. The Hall–Kier alpha value is -1.43. The zero-order valence-corrected chi connectivity index (χ0v) is 12.5. The largest absolute Gasteiger partial charge is 0.343 e. The smallest absolute Gasteiger partial charge is 0.229 e. The second-order valence-electron chi connectivity index (χ2n) is 6.46. The van der Waals surface area contributed by atoms with Crippen molar-refractivity contribution in [3.8, 4) is 0 Å². The van der Waals surface area contributed by atoms with Gasteiger partial charge in [-0.2, -0.15) is 0 Å². The van der Waals surface area contributed by atoms with Crippen LogP contribution in [0.5, 0.6) is 0 Å². The number of nitrogens with one attached hydrogen (secondary N) is 1. The van der Waals surface area contributed by atoms with E-state index in [2.05, 4.69) is 5.32 Å². The standard InChI is InChI=1S/C15H23N3O3/c1-17(12-8-10-2-3-11(9-12)16-10)13(19)6-7-18-14(20)4-5-15(18)21/h10-12,16H,2-9H2,1H3. The number of likely N-dealkylation sites (tertiary alicyclic amines) is 1. The van der Waals surface area contributed by atoms with Crippen molar-refractivity contribution in [3.63, 3.8) is 0 Å². The van der Waals surface area contributed by atoms with Crippen molar-refractivity contribution in [1.29, 1.82) is 0 Å². The van der Waals surface area contributed by atoms with E-state index in [0.29, 0.717) is 31.0 Å². The van der Waals surface area contributed by atoms with E-state index in [9.17, 15) is 14.4 Å². The van der Waals surface area contributed by atoms with Crippen molar-refractivity contribution >= 4 is 17.7 Å². The SMILES string of the molecule is CN(C(=O)CCN1C(=O)CCC1=O)C1CC2CCC(C1)N2. The molecule has 21 heavy (non-hydrogen) atoms. The monoisotopic (exact) mass is 293 g/mol. The van der Waals surface area contributed by atoms with Crippen LogP contribution < -0.4 is 5.32 Å². The highest BCUT2D eigenvalue weighted by Crippen LogP contribution is 2.29. The molecule has 0 aromatic rings. The molecule has 3 saturated heterocycles. The number of amides is 3. The molecule has 3 aliphatic rings. The van der Waals surface area contributed by atoms with Crippen molar-refractivity contribution in [2.75, 3.05) is 13.6 Å². The fraction of sp³-hybridized carbons (Fsp3) is 0.800. The summed E-state index contributed by atoms with van der Waals surface area (Å²) in [5.41, 5.74) is 0. The lowest BCUT2D eigenvalue weighted by atomic mass is 9.98. The molecule has 0 aromatic carbocycles. The minimum absolute atomic E-state index is 0.0359. The van der Waals surface area contributed by atoms with Gasteiger partial charge in [0.05, 0.1) is 0 Å². The van der Waals surface area contributed by atoms with E-state index in [1.165, 1.54) is 17.7 Å². The van der Waals surface area contributed by atoms with Gasteiger partial charge in [0.15, 0.2) is 0 Å². The molecule has 3 fully saturated rings. The Morgan fingerprint density at radius 1 is 1.19 bits per heavy atom. The van der Waals surface area contributed by atoms with Gasteiger partial charge in [0, 0.05) is 51.0 Å². The predicted octanol–water partition coefficient (Wildman–Crippen LogP) is 0.267. The van der Waals surface area contributed by atoms with E-state index < -0.39 is 0 Å². The Labute approximate surface area is 124 Å². The fourth-order valence-electron chi connectivity index (χ4n) is 3.80. The molecule has 2 unspecified atom stereocenters. The number of imide groups is 1. The summed E-state index contributed by atoms with van der Waals surface area (Å²) in [6, 6.07) is 1.39. The number of hydrogen-bond acceptors (Lipinski definition) is 4. The van der Waals surface area contributed by atoms with Crippen molar-refractivity contribution in [2.24, 2.45) is 0 Å². The summed E-state index contributed by atoms with van der Waals surface area (Å²) in [6.45, 7) is 0.235. The van der Waals surface area contributed by atoms with Crippen molar-refractivity contribution in [1.82, 2.24) is 15.1 Å². The maximum atomic E-state index is 12.3. The number of fused-ring (bicyclic) bond motifs is 2. The first-order chi connectivity index (χ1) is 10.0. The summed E-state index contributed by atoms with van der Waals surface area (Å²) in [4.78, 5) is 38.4. The van der Waals surface area contributed by atoms with Crippen LogP contribution in [0, 0.1) is 0 Å². The molecule has 6 nitrogen and oxygen atoms in total. The minimum Gasteiger partial charge on any atom is -0.343 e. The molecule has 0 aromatic heterocycles. The van der Waals surface area contributed by atoms with Crippen LogP contribution in [-0.4, -0.2) is 59.2 Å². The summed E-state index contributed by atoms with van der Waals surface area (Å²) in [5, 5.41) is 3.57. The van der Waals surface area contributed by atoms with E-state index in [-0.39, 0.29) is 30.7 Å². The van der Waals surface area contributed by atoms with Gasteiger partial charge < -0.3 is 10.2 Å². The maximum absolute atomic E-state index is 12.3. The molecule has 2 bridgehead atoms. The van der Waals surface area contributed by atoms with E-state index >= 15 is 0 Å². The van der Waals surface area contributed by atoms with E-state index in [0.717, 1.165) is 12.8 Å². The molecule has 1 N–H and O–H groups in total. The van der Waals surface area contributed by atoms with Gasteiger partial charge in [-0.25, -0.2) is 0 Å². The number of hydrogen-bond donors (Lipinski definition) is 1. The zero-order chi connectivity index (χ0) is 15.0. The lowest BCUT2D eigenvalue weighted by Gasteiger charge is -2.35. The zero-order valence-electron chi connectivity index (χ0n) is 12.5. The molecule has 2 atom stereocenters. The molecule has 3 aliphatic heterocycles. The maximum Gasteiger partial charge on any atom is 0.229 e.